The molecule has 1 fully saturated rings. The molecule has 2 rings (SSSR count). The number of nitrogens with one attached hydrogen (secondary N) is 1. The number of amides is 1. The smallest absolute Gasteiger partial charge is 0.328 e. The van der Waals surface area contributed by atoms with Crippen molar-refractivity contribution >= 4 is 18.0 Å². The molecule has 0 bridgehead atoms. The molecule has 2 N–H and O–H groups in total. The van der Waals surface area contributed by atoms with E-state index >= 15 is 0 Å². The summed E-state index contributed by atoms with van der Waals surface area (Å²) in [6, 6.07) is 3.43. The number of carbonyl (C=O) groups excluding carboxylic acids is 1. The lowest BCUT2D eigenvalue weighted by molar-refractivity contribution is -0.131. The molecular weight excluding hydrogens is 258 g/mol. The van der Waals surface area contributed by atoms with Crippen LogP contribution in [0.15, 0.2) is 24.4 Å². The Hall–Kier alpha value is -2.21. The number of rotatable bonds is 4. The van der Waals surface area contributed by atoms with Gasteiger partial charge in [-0.1, -0.05) is 6.07 Å². The Balaban J connectivity index is 1.95. The first-order valence-electron chi connectivity index (χ1n) is 6.41. The Morgan fingerprint density at radius 3 is 2.85 bits per heavy atom. The number of carbonyl (C=O) groups is 2. The van der Waals surface area contributed by atoms with Gasteiger partial charge in [-0.3, -0.25) is 9.78 Å². The summed E-state index contributed by atoms with van der Waals surface area (Å²) in [4.78, 5) is 28.6. The van der Waals surface area contributed by atoms with Crippen LogP contribution in [0.1, 0.15) is 22.5 Å². The predicted octanol–water partition coefficient (Wildman–Crippen LogP) is 0.613. The van der Waals surface area contributed by atoms with Gasteiger partial charge in [-0.25, -0.2) is 4.79 Å². The monoisotopic (exact) mass is 275 g/mol. The number of aliphatic carboxylic acids is 1. The predicted molar refractivity (Wildman–Crippen MR) is 74.3 cm³/mol. The van der Waals surface area contributed by atoms with Crippen LogP contribution in [0.4, 0.5) is 0 Å². The Kier molecular flexibility index (Phi) is 4.47. The summed E-state index contributed by atoms with van der Waals surface area (Å²) in [6.07, 6.45) is 4.89. The molecule has 0 spiro atoms. The molecule has 1 amide bonds. The van der Waals surface area contributed by atoms with Gasteiger partial charge in [0.15, 0.2) is 0 Å². The van der Waals surface area contributed by atoms with E-state index < -0.39 is 5.97 Å². The Labute approximate surface area is 117 Å². The molecule has 6 nitrogen and oxygen atoms in total. The van der Waals surface area contributed by atoms with E-state index in [4.69, 9.17) is 5.11 Å². The van der Waals surface area contributed by atoms with Crippen LogP contribution in [0.3, 0.4) is 0 Å². The maximum atomic E-state index is 12.0. The first-order chi connectivity index (χ1) is 9.54. The number of likely N-dealkylation sites (tertiary alicyclic amines) is 1. The third-order valence-corrected chi connectivity index (χ3v) is 3.16. The van der Waals surface area contributed by atoms with Gasteiger partial charge in [0.25, 0.3) is 5.91 Å². The Morgan fingerprint density at radius 1 is 1.50 bits per heavy atom. The lowest BCUT2D eigenvalue weighted by Gasteiger charge is -2.12. The van der Waals surface area contributed by atoms with Crippen LogP contribution in [0.25, 0.3) is 6.08 Å². The van der Waals surface area contributed by atoms with Crippen LogP contribution in [-0.2, 0) is 4.79 Å². The minimum absolute atomic E-state index is 0.167. The Morgan fingerprint density at radius 2 is 2.30 bits per heavy atom. The van der Waals surface area contributed by atoms with E-state index in [1.54, 1.807) is 12.1 Å². The molecule has 1 aromatic heterocycles. The standard InChI is InChI=1S/C14H17N3O3/c1-17-7-6-11(9-17)16-14(20)12-4-2-10(8-15-12)3-5-13(18)19/h2-5,8,11H,6-7,9H2,1H3,(H,16,20)(H,18,19). The zero-order valence-electron chi connectivity index (χ0n) is 11.2. The van der Waals surface area contributed by atoms with E-state index in [9.17, 15) is 9.59 Å². The SMILES string of the molecule is CN1CCC(NC(=O)c2ccc(C=CC(=O)O)cn2)C1. The van der Waals surface area contributed by atoms with Gasteiger partial charge < -0.3 is 15.3 Å². The minimum Gasteiger partial charge on any atom is -0.478 e. The summed E-state index contributed by atoms with van der Waals surface area (Å²) in [5.74, 6) is -1.21. The van der Waals surface area contributed by atoms with Gasteiger partial charge in [-0.15, -0.1) is 0 Å². The lowest BCUT2D eigenvalue weighted by atomic mass is 10.2. The van der Waals surface area contributed by atoms with Crippen LogP contribution in [0, 0.1) is 0 Å². The second-order valence-electron chi connectivity index (χ2n) is 4.87. The highest BCUT2D eigenvalue weighted by molar-refractivity contribution is 5.92. The van der Waals surface area contributed by atoms with E-state index in [-0.39, 0.29) is 11.9 Å². The third-order valence-electron chi connectivity index (χ3n) is 3.16. The largest absolute Gasteiger partial charge is 0.478 e. The molecule has 1 unspecified atom stereocenters. The van der Waals surface area contributed by atoms with Gasteiger partial charge >= 0.3 is 5.97 Å². The van der Waals surface area contributed by atoms with Crippen molar-refractivity contribution in [2.45, 2.75) is 12.5 Å². The van der Waals surface area contributed by atoms with E-state index in [1.165, 1.54) is 12.3 Å². The highest BCUT2D eigenvalue weighted by atomic mass is 16.4. The van der Waals surface area contributed by atoms with E-state index in [0.717, 1.165) is 25.6 Å². The van der Waals surface area contributed by atoms with Crippen molar-refractivity contribution in [2.75, 3.05) is 20.1 Å². The average molecular weight is 275 g/mol. The Bertz CT molecular complexity index is 525. The second kappa shape index (κ2) is 6.29. The molecule has 1 saturated heterocycles. The van der Waals surface area contributed by atoms with Crippen LogP contribution in [0.2, 0.25) is 0 Å². The topological polar surface area (TPSA) is 82.5 Å². The number of carboxylic acid groups (broad SMARTS) is 1. The quantitative estimate of drug-likeness (QED) is 0.787. The fourth-order valence-electron chi connectivity index (χ4n) is 2.12. The number of hydrogen-bond donors (Lipinski definition) is 2. The summed E-state index contributed by atoms with van der Waals surface area (Å²) in [5.41, 5.74) is 0.983. The van der Waals surface area contributed by atoms with Gasteiger partial charge in [0.2, 0.25) is 0 Å². The van der Waals surface area contributed by atoms with Crippen molar-refractivity contribution in [3.63, 3.8) is 0 Å². The van der Waals surface area contributed by atoms with Crippen molar-refractivity contribution in [2.24, 2.45) is 0 Å². The molecule has 2 heterocycles. The molecule has 0 radical (unpaired) electrons. The van der Waals surface area contributed by atoms with Gasteiger partial charge in [0, 0.05) is 24.9 Å². The number of nitrogens with zero attached hydrogens (tertiary/aromatic N) is 2. The average Bonchev–Trinajstić information content (AvgIpc) is 2.82. The van der Waals surface area contributed by atoms with E-state index in [2.05, 4.69) is 15.2 Å². The normalized spacial score (nSPS) is 19.4. The fraction of sp³-hybridized carbons (Fsp3) is 0.357. The number of carboxylic acids is 1. The molecule has 1 aromatic rings. The number of aromatic nitrogens is 1. The lowest BCUT2D eigenvalue weighted by Crippen LogP contribution is -2.36. The van der Waals surface area contributed by atoms with Crippen molar-refractivity contribution in [1.82, 2.24) is 15.2 Å². The molecule has 0 saturated carbocycles. The van der Waals surface area contributed by atoms with Crippen LogP contribution in [-0.4, -0.2) is 53.0 Å². The van der Waals surface area contributed by atoms with Crippen molar-refractivity contribution in [1.29, 1.82) is 0 Å². The molecule has 0 aromatic carbocycles. The van der Waals surface area contributed by atoms with E-state index in [0.29, 0.717) is 11.3 Å². The zero-order valence-corrected chi connectivity index (χ0v) is 11.2. The molecule has 106 valence electrons. The summed E-state index contributed by atoms with van der Waals surface area (Å²) >= 11 is 0. The summed E-state index contributed by atoms with van der Waals surface area (Å²) in [5, 5.41) is 11.5. The first-order valence-corrected chi connectivity index (χ1v) is 6.41. The van der Waals surface area contributed by atoms with Crippen LogP contribution in [0.5, 0.6) is 0 Å². The zero-order chi connectivity index (χ0) is 14.5. The maximum Gasteiger partial charge on any atom is 0.328 e. The van der Waals surface area contributed by atoms with Gasteiger partial charge in [-0.05, 0) is 37.7 Å². The molecule has 20 heavy (non-hydrogen) atoms. The number of pyridine rings is 1. The summed E-state index contributed by atoms with van der Waals surface area (Å²) < 4.78 is 0. The highest BCUT2D eigenvalue weighted by Crippen LogP contribution is 2.08. The highest BCUT2D eigenvalue weighted by Gasteiger charge is 2.21. The fourth-order valence-corrected chi connectivity index (χ4v) is 2.12. The van der Waals surface area contributed by atoms with Gasteiger partial charge in [0.05, 0.1) is 0 Å². The molecule has 1 aliphatic heterocycles. The van der Waals surface area contributed by atoms with E-state index in [1.807, 2.05) is 7.05 Å². The summed E-state index contributed by atoms with van der Waals surface area (Å²) in [6.45, 7) is 1.84. The van der Waals surface area contributed by atoms with Crippen molar-refractivity contribution in [3.05, 3.63) is 35.7 Å². The van der Waals surface area contributed by atoms with Crippen molar-refractivity contribution < 1.29 is 14.7 Å². The minimum atomic E-state index is -1.02. The number of likely N-dealkylation sites (N-methyl/N-ethyl adjacent to an activating group) is 1. The third kappa shape index (κ3) is 3.89. The molecule has 1 aliphatic rings. The molecule has 1 atom stereocenters. The molecular formula is C14H17N3O3. The maximum absolute atomic E-state index is 12.0. The van der Waals surface area contributed by atoms with Gasteiger partial charge in [0.1, 0.15) is 5.69 Å². The van der Waals surface area contributed by atoms with Crippen LogP contribution < -0.4 is 5.32 Å². The number of hydrogen-bond acceptors (Lipinski definition) is 4. The second-order valence-corrected chi connectivity index (χ2v) is 4.87. The first kappa shape index (κ1) is 14.2. The summed E-state index contributed by atoms with van der Waals surface area (Å²) in [7, 11) is 2.02. The van der Waals surface area contributed by atoms with Crippen molar-refractivity contribution in [3.8, 4) is 0 Å². The van der Waals surface area contributed by atoms with Gasteiger partial charge in [-0.2, -0.15) is 0 Å². The molecule has 0 aliphatic carbocycles. The molecule has 6 heteroatoms. The van der Waals surface area contributed by atoms with Crippen LogP contribution >= 0.6 is 0 Å².